The third kappa shape index (κ3) is 3.36. The van der Waals surface area contributed by atoms with Crippen LogP contribution >= 0.6 is 0 Å². The van der Waals surface area contributed by atoms with E-state index < -0.39 is 8.07 Å². The summed E-state index contributed by atoms with van der Waals surface area (Å²) in [5.41, 5.74) is 1.12. The molecule has 0 unspecified atom stereocenters. The van der Waals surface area contributed by atoms with Crippen molar-refractivity contribution in [3.63, 3.8) is 0 Å². The molecule has 6 nitrogen and oxygen atoms in total. The first-order chi connectivity index (χ1) is 10.4. The largest absolute Gasteiger partial charge is 0.481 e. The van der Waals surface area contributed by atoms with Crippen LogP contribution in [0.5, 0.6) is 5.88 Å². The molecule has 0 saturated heterocycles. The molecule has 2 heterocycles. The van der Waals surface area contributed by atoms with E-state index in [0.29, 0.717) is 23.9 Å². The van der Waals surface area contributed by atoms with Crippen LogP contribution in [0, 0.1) is 0 Å². The maximum atomic E-state index is 12.2. The van der Waals surface area contributed by atoms with Gasteiger partial charge in [-0.15, -0.1) is 0 Å². The number of methoxy groups -OCH3 is 1. The minimum atomic E-state index is -1.65. The smallest absolute Gasteiger partial charge is 0.357 e. The van der Waals surface area contributed by atoms with Gasteiger partial charge in [-0.25, -0.2) is 14.5 Å². The molecule has 118 valence electrons. The fourth-order valence-corrected chi connectivity index (χ4v) is 2.88. The van der Waals surface area contributed by atoms with E-state index in [4.69, 9.17) is 9.47 Å². The van der Waals surface area contributed by atoms with Crippen LogP contribution in [0.4, 0.5) is 0 Å². The summed E-state index contributed by atoms with van der Waals surface area (Å²) in [5, 5.41) is 5.56. The molecule has 0 amide bonds. The fraction of sp³-hybridized carbons (Fsp3) is 0.400. The van der Waals surface area contributed by atoms with E-state index in [2.05, 4.69) is 29.7 Å². The molecule has 0 atom stereocenters. The number of rotatable bonds is 5. The Morgan fingerprint density at radius 2 is 2.05 bits per heavy atom. The number of pyridine rings is 1. The number of esters is 1. The van der Waals surface area contributed by atoms with Crippen LogP contribution in [0.2, 0.25) is 19.6 Å². The summed E-state index contributed by atoms with van der Waals surface area (Å²) in [4.78, 5) is 16.4. The highest BCUT2D eigenvalue weighted by Gasteiger charge is 2.25. The molecule has 2 aromatic rings. The number of hydrogen-bond acceptors (Lipinski definition) is 5. The van der Waals surface area contributed by atoms with Gasteiger partial charge in [-0.1, -0.05) is 19.6 Å². The van der Waals surface area contributed by atoms with Gasteiger partial charge in [-0.05, 0) is 19.1 Å². The van der Waals surface area contributed by atoms with Crippen molar-refractivity contribution in [2.75, 3.05) is 13.7 Å². The molecule has 0 spiro atoms. The fourth-order valence-electron chi connectivity index (χ4n) is 1.91. The van der Waals surface area contributed by atoms with Crippen LogP contribution in [0.1, 0.15) is 17.4 Å². The average molecular weight is 319 g/mol. The molecule has 0 bridgehead atoms. The van der Waals surface area contributed by atoms with E-state index in [1.165, 1.54) is 0 Å². The van der Waals surface area contributed by atoms with Crippen molar-refractivity contribution < 1.29 is 14.3 Å². The highest BCUT2D eigenvalue weighted by Crippen LogP contribution is 2.15. The van der Waals surface area contributed by atoms with Gasteiger partial charge in [-0.3, -0.25) is 0 Å². The van der Waals surface area contributed by atoms with Crippen LogP contribution < -0.4 is 10.1 Å². The summed E-state index contributed by atoms with van der Waals surface area (Å²) in [6, 6.07) is 5.38. The maximum absolute atomic E-state index is 12.2. The highest BCUT2D eigenvalue weighted by atomic mass is 28.3. The molecule has 7 heteroatoms. The Labute approximate surface area is 131 Å². The average Bonchev–Trinajstić information content (AvgIpc) is 2.93. The first-order valence-electron chi connectivity index (χ1n) is 7.15. The molecule has 0 aromatic carbocycles. The van der Waals surface area contributed by atoms with E-state index in [0.717, 1.165) is 5.32 Å². The van der Waals surface area contributed by atoms with Crippen LogP contribution in [0.3, 0.4) is 0 Å². The SMILES string of the molecule is CCOC(=O)c1cc([Si](C)(C)C)nn1-c1ccc(OC)nc1. The Morgan fingerprint density at radius 3 is 2.55 bits per heavy atom. The van der Waals surface area contributed by atoms with Crippen LogP contribution in [0.15, 0.2) is 24.4 Å². The normalized spacial score (nSPS) is 11.3. The second-order valence-electron chi connectivity index (χ2n) is 5.86. The van der Waals surface area contributed by atoms with E-state index >= 15 is 0 Å². The second-order valence-corrected chi connectivity index (χ2v) is 10.9. The molecule has 0 radical (unpaired) electrons. The lowest BCUT2D eigenvalue weighted by Gasteiger charge is -2.11. The number of hydrogen-bond donors (Lipinski definition) is 0. The monoisotopic (exact) mass is 319 g/mol. The third-order valence-electron chi connectivity index (χ3n) is 3.14. The topological polar surface area (TPSA) is 66.2 Å². The number of nitrogens with zero attached hydrogens (tertiary/aromatic N) is 3. The lowest BCUT2D eigenvalue weighted by atomic mass is 10.3. The van der Waals surface area contributed by atoms with Crippen molar-refractivity contribution in [1.29, 1.82) is 0 Å². The summed E-state index contributed by atoms with van der Waals surface area (Å²) in [6.45, 7) is 8.66. The second kappa shape index (κ2) is 6.31. The van der Waals surface area contributed by atoms with Crippen molar-refractivity contribution in [3.8, 4) is 11.6 Å². The van der Waals surface area contributed by atoms with Crippen LogP contribution in [-0.4, -0.2) is 42.5 Å². The molecule has 0 fully saturated rings. The highest BCUT2D eigenvalue weighted by molar-refractivity contribution is 6.88. The molecular formula is C15H21N3O3Si. The Hall–Kier alpha value is -2.15. The first kappa shape index (κ1) is 16.2. The summed E-state index contributed by atoms with van der Waals surface area (Å²) < 4.78 is 11.8. The van der Waals surface area contributed by atoms with Gasteiger partial charge in [0.25, 0.3) is 0 Å². The lowest BCUT2D eigenvalue weighted by Crippen LogP contribution is -2.39. The quantitative estimate of drug-likeness (QED) is 0.623. The van der Waals surface area contributed by atoms with Crippen molar-refractivity contribution in [2.45, 2.75) is 26.6 Å². The van der Waals surface area contributed by atoms with E-state index in [1.54, 1.807) is 31.0 Å². The minimum absolute atomic E-state index is 0.327. The van der Waals surface area contributed by atoms with Gasteiger partial charge in [0.2, 0.25) is 5.88 Å². The third-order valence-corrected chi connectivity index (χ3v) is 4.92. The summed E-state index contributed by atoms with van der Waals surface area (Å²) in [6.07, 6.45) is 1.63. The van der Waals surface area contributed by atoms with Gasteiger partial charge in [0.1, 0.15) is 8.07 Å². The number of carbonyl (C=O) groups excluding carboxylic acids is 1. The summed E-state index contributed by atoms with van der Waals surface area (Å²) in [5.74, 6) is 0.134. The van der Waals surface area contributed by atoms with Gasteiger partial charge >= 0.3 is 5.97 Å². The van der Waals surface area contributed by atoms with Crippen LogP contribution in [0.25, 0.3) is 5.69 Å². The van der Waals surface area contributed by atoms with Gasteiger partial charge < -0.3 is 9.47 Å². The van der Waals surface area contributed by atoms with Crippen LogP contribution in [-0.2, 0) is 4.74 Å². The summed E-state index contributed by atoms with van der Waals surface area (Å²) >= 11 is 0. The maximum Gasteiger partial charge on any atom is 0.357 e. The molecule has 2 aromatic heterocycles. The van der Waals surface area contributed by atoms with Gasteiger partial charge in [0.15, 0.2) is 5.69 Å². The van der Waals surface area contributed by atoms with E-state index in [1.807, 2.05) is 12.1 Å². The molecule has 2 rings (SSSR count). The van der Waals surface area contributed by atoms with Gasteiger partial charge in [0, 0.05) is 11.4 Å². The van der Waals surface area contributed by atoms with Gasteiger partial charge in [-0.2, -0.15) is 5.10 Å². The Balaban J connectivity index is 2.51. The molecule has 22 heavy (non-hydrogen) atoms. The first-order valence-corrected chi connectivity index (χ1v) is 10.6. The Morgan fingerprint density at radius 1 is 1.32 bits per heavy atom. The Kier molecular flexibility index (Phi) is 4.65. The number of carbonyl (C=O) groups is 1. The molecule has 0 aliphatic heterocycles. The predicted molar refractivity (Wildman–Crippen MR) is 86.8 cm³/mol. The molecule has 0 N–H and O–H groups in total. The van der Waals surface area contributed by atoms with Crippen molar-refractivity contribution in [3.05, 3.63) is 30.1 Å². The zero-order chi connectivity index (χ0) is 16.3. The van der Waals surface area contributed by atoms with Crippen molar-refractivity contribution in [1.82, 2.24) is 14.8 Å². The van der Waals surface area contributed by atoms with E-state index in [9.17, 15) is 4.79 Å². The standard InChI is InChI=1S/C15H21N3O3Si/c1-6-21-15(19)12-9-14(22(3,4)5)17-18(12)11-7-8-13(20-2)16-10-11/h7-10H,6H2,1-5H3. The van der Waals surface area contributed by atoms with Crippen molar-refractivity contribution >= 4 is 19.4 Å². The van der Waals surface area contributed by atoms with Crippen molar-refractivity contribution in [2.24, 2.45) is 0 Å². The molecule has 0 aliphatic rings. The number of aromatic nitrogens is 3. The summed E-state index contributed by atoms with van der Waals surface area (Å²) in [7, 11) is -0.0894. The number of ether oxygens (including phenoxy) is 2. The Bertz CT molecular complexity index is 660. The zero-order valence-corrected chi connectivity index (χ0v) is 14.6. The lowest BCUT2D eigenvalue weighted by molar-refractivity contribution is 0.0515. The molecule has 0 aliphatic carbocycles. The van der Waals surface area contributed by atoms with Gasteiger partial charge in [0.05, 0.1) is 25.6 Å². The molecular weight excluding hydrogens is 298 g/mol. The zero-order valence-electron chi connectivity index (χ0n) is 13.6. The van der Waals surface area contributed by atoms with E-state index in [-0.39, 0.29) is 5.97 Å². The predicted octanol–water partition coefficient (Wildman–Crippen LogP) is 2.00. The minimum Gasteiger partial charge on any atom is -0.481 e. The molecule has 0 saturated carbocycles.